The van der Waals surface area contributed by atoms with Crippen LogP contribution in [0.2, 0.25) is 5.15 Å². The van der Waals surface area contributed by atoms with Gasteiger partial charge in [-0.15, -0.1) is 0 Å². The zero-order valence-corrected chi connectivity index (χ0v) is 12.4. The van der Waals surface area contributed by atoms with Gasteiger partial charge in [-0.1, -0.05) is 23.7 Å². The molecule has 1 aliphatic carbocycles. The number of ether oxygens (including phenoxy) is 1. The molecular formula is C16H14ClN3O. The Kier molecular flexibility index (Phi) is 2.86. The van der Waals surface area contributed by atoms with Crippen LogP contribution in [-0.4, -0.2) is 21.7 Å². The summed E-state index contributed by atoms with van der Waals surface area (Å²) in [6.07, 6.45) is 3.11. The van der Waals surface area contributed by atoms with E-state index in [1.54, 1.807) is 11.6 Å². The number of hydrogen-bond acceptors (Lipinski definition) is 3. The predicted molar refractivity (Wildman–Crippen MR) is 82.0 cm³/mol. The van der Waals surface area contributed by atoms with Crippen LogP contribution in [0.4, 0.5) is 0 Å². The molecule has 4 nitrogen and oxygen atoms in total. The number of hydrogen-bond donors (Lipinski definition) is 0. The Balaban J connectivity index is 1.94. The molecule has 0 atom stereocenters. The van der Waals surface area contributed by atoms with Gasteiger partial charge in [0.25, 0.3) is 0 Å². The van der Waals surface area contributed by atoms with Crippen LogP contribution in [0.5, 0.6) is 5.75 Å². The molecule has 0 N–H and O–H groups in total. The minimum atomic E-state index is 0.689. The molecule has 5 heteroatoms. The molecule has 3 aromatic rings. The van der Waals surface area contributed by atoms with E-state index in [1.807, 2.05) is 30.3 Å². The van der Waals surface area contributed by atoms with Crippen molar-refractivity contribution in [2.24, 2.45) is 0 Å². The lowest BCUT2D eigenvalue weighted by atomic mass is 10.1. The summed E-state index contributed by atoms with van der Waals surface area (Å²) in [6, 6.07) is 9.79. The topological polar surface area (TPSA) is 39.4 Å². The average molecular weight is 300 g/mol. The van der Waals surface area contributed by atoms with Gasteiger partial charge in [-0.3, -0.25) is 0 Å². The fourth-order valence-corrected chi connectivity index (χ4v) is 3.25. The molecule has 21 heavy (non-hydrogen) atoms. The molecule has 4 rings (SSSR count). The first kappa shape index (κ1) is 12.7. The first-order chi connectivity index (χ1) is 10.3. The van der Waals surface area contributed by atoms with Gasteiger partial charge in [0.2, 0.25) is 0 Å². The van der Waals surface area contributed by atoms with E-state index in [4.69, 9.17) is 21.3 Å². The van der Waals surface area contributed by atoms with Crippen molar-refractivity contribution in [3.8, 4) is 17.0 Å². The van der Waals surface area contributed by atoms with Gasteiger partial charge < -0.3 is 4.74 Å². The summed E-state index contributed by atoms with van der Waals surface area (Å²) in [5, 5.41) is 5.30. The van der Waals surface area contributed by atoms with Crippen molar-refractivity contribution in [2.75, 3.05) is 7.11 Å². The predicted octanol–water partition coefficient (Wildman–Crippen LogP) is 3.55. The van der Waals surface area contributed by atoms with Gasteiger partial charge in [-0.05, 0) is 31.4 Å². The SMILES string of the molecule is COc1ccccc1-c1cc2nc3c(c(Cl)n2n1)CCC3. The number of halogens is 1. The molecule has 0 aliphatic heterocycles. The summed E-state index contributed by atoms with van der Waals surface area (Å²) >= 11 is 6.49. The van der Waals surface area contributed by atoms with Crippen LogP contribution >= 0.6 is 11.6 Å². The fourth-order valence-electron chi connectivity index (χ4n) is 2.92. The second-order valence-corrected chi connectivity index (χ2v) is 5.54. The Morgan fingerprint density at radius 1 is 1.24 bits per heavy atom. The minimum Gasteiger partial charge on any atom is -0.496 e. The van der Waals surface area contributed by atoms with Gasteiger partial charge in [-0.25, -0.2) is 9.50 Å². The van der Waals surface area contributed by atoms with Crippen LogP contribution < -0.4 is 4.74 Å². The molecule has 1 aromatic carbocycles. The Labute approximate surface area is 127 Å². The van der Waals surface area contributed by atoms with Gasteiger partial charge in [0, 0.05) is 22.9 Å². The molecule has 0 saturated heterocycles. The molecule has 0 spiro atoms. The Morgan fingerprint density at radius 3 is 2.95 bits per heavy atom. The highest BCUT2D eigenvalue weighted by atomic mass is 35.5. The summed E-state index contributed by atoms with van der Waals surface area (Å²) in [4.78, 5) is 4.69. The van der Waals surface area contributed by atoms with Crippen LogP contribution in [0.25, 0.3) is 16.9 Å². The van der Waals surface area contributed by atoms with Crippen LogP contribution in [-0.2, 0) is 12.8 Å². The van der Waals surface area contributed by atoms with E-state index < -0.39 is 0 Å². The Bertz CT molecular complexity index is 841. The highest BCUT2D eigenvalue weighted by molar-refractivity contribution is 6.30. The third-order valence-electron chi connectivity index (χ3n) is 3.95. The van der Waals surface area contributed by atoms with Gasteiger partial charge in [-0.2, -0.15) is 5.10 Å². The number of para-hydroxylation sites is 1. The summed E-state index contributed by atoms with van der Waals surface area (Å²) in [6.45, 7) is 0. The molecule has 0 saturated carbocycles. The monoisotopic (exact) mass is 299 g/mol. The lowest BCUT2D eigenvalue weighted by Crippen LogP contribution is -1.99. The molecule has 0 unspecified atom stereocenters. The molecule has 1 aliphatic rings. The van der Waals surface area contributed by atoms with Gasteiger partial charge >= 0.3 is 0 Å². The number of aromatic nitrogens is 3. The zero-order valence-electron chi connectivity index (χ0n) is 11.6. The van der Waals surface area contributed by atoms with Crippen molar-refractivity contribution in [1.82, 2.24) is 14.6 Å². The summed E-state index contributed by atoms with van der Waals surface area (Å²) in [7, 11) is 1.66. The lowest BCUT2D eigenvalue weighted by molar-refractivity contribution is 0.416. The maximum Gasteiger partial charge on any atom is 0.157 e. The van der Waals surface area contributed by atoms with Gasteiger partial charge in [0.05, 0.1) is 12.8 Å². The standard InChI is InChI=1S/C16H14ClN3O/c1-21-14-8-3-2-5-10(14)13-9-15-18-12-7-4-6-11(12)16(17)20(15)19-13/h2-3,5,8-9H,4,6-7H2,1H3. The maximum absolute atomic E-state index is 6.49. The van der Waals surface area contributed by atoms with E-state index in [0.717, 1.165) is 53.2 Å². The third-order valence-corrected chi connectivity index (χ3v) is 4.33. The van der Waals surface area contributed by atoms with E-state index in [2.05, 4.69) is 5.10 Å². The fraction of sp³-hybridized carbons (Fsp3) is 0.250. The first-order valence-electron chi connectivity index (χ1n) is 6.98. The summed E-state index contributed by atoms with van der Waals surface area (Å²) in [5.41, 5.74) is 4.81. The van der Waals surface area contributed by atoms with Crippen molar-refractivity contribution < 1.29 is 4.74 Å². The molecule has 106 valence electrons. The minimum absolute atomic E-state index is 0.689. The van der Waals surface area contributed by atoms with Crippen molar-refractivity contribution in [3.05, 3.63) is 46.7 Å². The quantitative estimate of drug-likeness (QED) is 0.679. The van der Waals surface area contributed by atoms with E-state index in [0.29, 0.717) is 5.15 Å². The summed E-state index contributed by atoms with van der Waals surface area (Å²) < 4.78 is 7.13. The van der Waals surface area contributed by atoms with Crippen LogP contribution in [0.15, 0.2) is 30.3 Å². The molecule has 2 aromatic heterocycles. The molecule has 0 radical (unpaired) electrons. The van der Waals surface area contributed by atoms with Crippen molar-refractivity contribution in [1.29, 1.82) is 0 Å². The Morgan fingerprint density at radius 2 is 2.10 bits per heavy atom. The normalized spacial score (nSPS) is 13.6. The van der Waals surface area contributed by atoms with Crippen LogP contribution in [0.3, 0.4) is 0 Å². The lowest BCUT2D eigenvalue weighted by Gasteiger charge is -2.05. The number of methoxy groups -OCH3 is 1. The van der Waals surface area contributed by atoms with E-state index in [9.17, 15) is 0 Å². The summed E-state index contributed by atoms with van der Waals surface area (Å²) in [5.74, 6) is 0.796. The highest BCUT2D eigenvalue weighted by Crippen LogP contribution is 2.32. The number of nitrogens with zero attached hydrogens (tertiary/aromatic N) is 3. The molecule has 0 bridgehead atoms. The van der Waals surface area contributed by atoms with Crippen molar-refractivity contribution in [2.45, 2.75) is 19.3 Å². The average Bonchev–Trinajstić information content (AvgIpc) is 3.14. The molecular weight excluding hydrogens is 286 g/mol. The molecule has 0 fully saturated rings. The van der Waals surface area contributed by atoms with Gasteiger partial charge in [0.1, 0.15) is 10.9 Å². The first-order valence-corrected chi connectivity index (χ1v) is 7.36. The van der Waals surface area contributed by atoms with Crippen LogP contribution in [0.1, 0.15) is 17.7 Å². The largest absolute Gasteiger partial charge is 0.496 e. The number of aryl methyl sites for hydroxylation is 1. The molecule has 2 heterocycles. The van der Waals surface area contributed by atoms with Gasteiger partial charge in [0.15, 0.2) is 5.65 Å². The van der Waals surface area contributed by atoms with Crippen LogP contribution in [0, 0.1) is 0 Å². The third kappa shape index (κ3) is 1.90. The number of benzene rings is 1. The van der Waals surface area contributed by atoms with Crippen molar-refractivity contribution >= 4 is 17.2 Å². The van der Waals surface area contributed by atoms with E-state index >= 15 is 0 Å². The smallest absolute Gasteiger partial charge is 0.157 e. The second kappa shape index (κ2) is 4.74. The highest BCUT2D eigenvalue weighted by Gasteiger charge is 2.20. The number of fused-ring (bicyclic) bond motifs is 2. The maximum atomic E-state index is 6.49. The molecule has 0 amide bonds. The van der Waals surface area contributed by atoms with E-state index in [-0.39, 0.29) is 0 Å². The zero-order chi connectivity index (χ0) is 14.4. The van der Waals surface area contributed by atoms with Crippen molar-refractivity contribution in [3.63, 3.8) is 0 Å². The number of rotatable bonds is 2. The second-order valence-electron chi connectivity index (χ2n) is 5.18. The Hall–Kier alpha value is -2.07. The van der Waals surface area contributed by atoms with E-state index in [1.165, 1.54) is 0 Å².